The minimum Gasteiger partial charge on any atom is -0.392 e. The van der Waals surface area contributed by atoms with Crippen LogP contribution in [0.4, 0.5) is 5.95 Å². The molecule has 11 heterocycles. The SMILES string of the molecule is CC(C)Cn1c(C(C)C)n[nH]c1=O.CC(C)c1[nH]ncc1-c1ccccc1Cl.CC(C)c1[nH]ncc1-c1ccccc1Cl.CC(C)c1n[nH]c(=O)n1-c1ccccc1Cl.CC(C)c1n[nH]c(=O)n1C(C)C.CC(C)c1n[nH]c(=O)n1Cc1ccccc1.CC(C)c1n[nH]c(=O)o1.CC(C)c1nc(N)ncc1-c1ccccc1Cl.CC(C)c1nc2ccccc2s1.CCn1c(C(C)C)n[nH]c1=O.COCC(C)n1c(C(C)C)n[nH]c1=O. The molecule has 11 N–H and O–H groups in total. The van der Waals surface area contributed by atoms with Crippen LogP contribution in [0.3, 0.4) is 0 Å². The van der Waals surface area contributed by atoms with Gasteiger partial charge in [0.1, 0.15) is 34.9 Å². The molecule has 0 aliphatic heterocycles. The van der Waals surface area contributed by atoms with Crippen molar-refractivity contribution in [1.29, 1.82) is 0 Å². The second kappa shape index (κ2) is 60.2. The quantitative estimate of drug-likeness (QED) is 0.0269. The van der Waals surface area contributed by atoms with Gasteiger partial charge < -0.3 is 14.9 Å². The molecule has 1 atom stereocenters. The van der Waals surface area contributed by atoms with E-state index in [1.165, 1.54) is 14.3 Å². The molecule has 0 fully saturated rings. The zero-order valence-corrected chi connectivity index (χ0v) is 95.1. The fourth-order valence-electron chi connectivity index (χ4n) is 15.0. The minimum absolute atomic E-state index is 0.0173. The number of nitrogens with zero attached hydrogens (tertiary/aromatic N) is 18. The molecule has 0 aliphatic carbocycles. The predicted molar refractivity (Wildman–Crippen MR) is 603 cm³/mol. The van der Waals surface area contributed by atoms with Crippen molar-refractivity contribution in [2.75, 3.05) is 19.5 Å². The number of methoxy groups -OCH3 is 1. The molecule has 11 aromatic heterocycles. The third-order valence-electron chi connectivity index (χ3n) is 22.3. The Balaban J connectivity index is 0.000000224. The average Bonchev–Trinajstić information content (AvgIpc) is 1.32. The number of aromatic nitrogens is 27. The topological polar surface area (TPSA) is 494 Å². The van der Waals surface area contributed by atoms with Crippen molar-refractivity contribution in [3.05, 3.63) is 332 Å². The molecule has 0 bridgehead atoms. The molecule has 808 valence electrons. The molecule has 0 aliphatic rings. The lowest BCUT2D eigenvalue weighted by Crippen LogP contribution is -2.25. The fourth-order valence-corrected chi connectivity index (χ4v) is 16.9. The van der Waals surface area contributed by atoms with Gasteiger partial charge in [0.2, 0.25) is 11.8 Å². The number of hydrogen-bond donors (Lipinski definition) is 10. The number of benzene rings is 6. The number of H-pyrrole nitrogens is 9. The Kier molecular flexibility index (Phi) is 49.4. The van der Waals surface area contributed by atoms with Gasteiger partial charge >= 0.3 is 39.9 Å². The molecule has 0 saturated heterocycles. The number of hydrogen-bond acceptors (Lipinski definition) is 23. The standard InChI is InChI=1S/C13H14ClN3.2C12H13ClN2.C12H15N3O.C11H12ClN3O.C10H11NS.C9H17N3O2.C9H17N3O.C8H15N3O.C7H13N3O.C5H8N2O2/c1-8(2)12-10(7-16-13(15)17-12)9-5-3-4-6-11(9)14;2*1-8(2)12-10(7-14-15-12)9-5-3-4-6-11(9)13;1-9(2)11-13-14-12(16)15(11)8-10-6-4-3-5-7-10;1-7(2)10-13-14-11(16)15(10)9-6-4-3-5-8(9)12;1-7(2)10-11-8-5-3-4-6-9(8)12-10;1-6(2)8-10-11-9(13)12(8)7(3)5-14-4;1-6(2)5-12-8(7(3)4)10-11-9(12)13;1-5(2)7-9-10-8(12)11(7)6(3)4;1-4-10-6(5(2)3)8-9-7(10)11;1-3(2)4-6-7-5(8)9-4/h3-8H,1-2H3,(H2,15,16,17);2*3-8H,1-2H3,(H,14,15);3-7,9H,8H2,1-2H3,(H,14,16);3-7H,1-2H3,(H,14,16);3-7H,1-2H3;6-7H,5H2,1-4H3,(H,11,13);6-7H,5H2,1-4H3,(H,11,13);5-6H,1-4H3,(H,10,12);5H,4H2,1-3H3,(H,9,11);3H,1-2H3,(H,7,8). The smallest absolute Gasteiger partial charge is 0.392 e. The highest BCUT2D eigenvalue weighted by molar-refractivity contribution is 7.18. The summed E-state index contributed by atoms with van der Waals surface area (Å²) in [6, 6.07) is 48.9. The lowest BCUT2D eigenvalue weighted by molar-refractivity contribution is 0.159. The third-order valence-corrected chi connectivity index (χ3v) is 24.9. The lowest BCUT2D eigenvalue weighted by atomic mass is 9.99. The van der Waals surface area contributed by atoms with E-state index in [9.17, 15) is 33.6 Å². The molecule has 17 rings (SSSR count). The van der Waals surface area contributed by atoms with Crippen molar-refractivity contribution in [1.82, 2.24) is 134 Å². The van der Waals surface area contributed by atoms with Gasteiger partial charge in [0.15, 0.2) is 0 Å². The van der Waals surface area contributed by atoms with Crippen molar-refractivity contribution in [2.24, 2.45) is 5.92 Å². The van der Waals surface area contributed by atoms with E-state index < -0.39 is 5.76 Å². The number of nitrogens with one attached hydrogen (secondary N) is 9. The van der Waals surface area contributed by atoms with Gasteiger partial charge in [-0.2, -0.15) is 40.8 Å². The molecular formula is C108H148Cl4N28O9S. The molecule has 42 heteroatoms. The number of nitrogens with two attached hydrogens (primary N) is 1. The molecule has 17 aromatic rings. The Bertz CT molecular complexity index is 7260. The van der Waals surface area contributed by atoms with Crippen molar-refractivity contribution in [3.63, 3.8) is 0 Å². The Morgan fingerprint density at radius 1 is 0.373 bits per heavy atom. The van der Waals surface area contributed by atoms with Crippen LogP contribution in [0.1, 0.15) is 340 Å². The number of rotatable bonds is 24. The molecule has 150 heavy (non-hydrogen) atoms. The number of para-hydroxylation sites is 2. The highest BCUT2D eigenvalue weighted by Gasteiger charge is 2.23. The molecular weight excluding hydrogens is 2010 g/mol. The Labute approximate surface area is 898 Å². The lowest BCUT2D eigenvalue weighted by Gasteiger charge is -2.14. The summed E-state index contributed by atoms with van der Waals surface area (Å²) in [6.07, 6.45) is 5.39. The first-order valence-electron chi connectivity index (χ1n) is 50.1. The maximum absolute atomic E-state index is 11.7. The molecule has 0 radical (unpaired) electrons. The molecule has 0 spiro atoms. The molecule has 0 amide bonds. The predicted octanol–water partition coefficient (Wildman–Crippen LogP) is 23.4. The van der Waals surface area contributed by atoms with Gasteiger partial charge in [-0.15, -0.1) is 16.4 Å². The summed E-state index contributed by atoms with van der Waals surface area (Å²) in [4.78, 5) is 91.5. The highest BCUT2D eigenvalue weighted by atomic mass is 35.5. The first kappa shape index (κ1) is 123. The maximum atomic E-state index is 11.7. The number of ether oxygens (including phenoxy) is 1. The van der Waals surface area contributed by atoms with Crippen LogP contribution in [0, 0.1) is 5.92 Å². The van der Waals surface area contributed by atoms with Crippen LogP contribution < -0.4 is 45.6 Å². The zero-order valence-electron chi connectivity index (χ0n) is 91.3. The minimum atomic E-state index is -0.487. The van der Waals surface area contributed by atoms with E-state index in [4.69, 9.17) is 56.9 Å². The number of aromatic amines is 9. The summed E-state index contributed by atoms with van der Waals surface area (Å²) in [7, 11) is 1.62. The van der Waals surface area contributed by atoms with Gasteiger partial charge in [-0.05, 0) is 99.4 Å². The number of halogens is 4. The van der Waals surface area contributed by atoms with E-state index in [2.05, 4.69) is 199 Å². The number of thiazole rings is 1. The monoisotopic (exact) mass is 2150 g/mol. The second-order valence-electron chi connectivity index (χ2n) is 39.1. The third kappa shape index (κ3) is 35.7. The molecule has 0 saturated carbocycles. The second-order valence-corrected chi connectivity index (χ2v) is 41.8. The van der Waals surface area contributed by atoms with Crippen molar-refractivity contribution in [2.45, 2.75) is 291 Å². The van der Waals surface area contributed by atoms with E-state index in [1.54, 1.807) is 59.6 Å². The van der Waals surface area contributed by atoms with E-state index in [-0.39, 0.29) is 87.6 Å². The number of nitrogen functional groups attached to an aromatic ring is 1. The van der Waals surface area contributed by atoms with E-state index in [0.717, 1.165) is 107 Å². The van der Waals surface area contributed by atoms with Gasteiger partial charge in [0, 0.05) is 140 Å². The van der Waals surface area contributed by atoms with Crippen LogP contribution in [0.2, 0.25) is 20.1 Å². The van der Waals surface area contributed by atoms with Crippen molar-refractivity contribution < 1.29 is 9.15 Å². The largest absolute Gasteiger partial charge is 0.434 e. The van der Waals surface area contributed by atoms with Crippen LogP contribution in [-0.4, -0.2) is 148 Å². The summed E-state index contributed by atoms with van der Waals surface area (Å²) >= 11 is 26.3. The van der Waals surface area contributed by atoms with Crippen molar-refractivity contribution in [3.8, 4) is 39.1 Å². The van der Waals surface area contributed by atoms with E-state index in [0.29, 0.717) is 82.7 Å². The van der Waals surface area contributed by atoms with Gasteiger partial charge in [-0.3, -0.25) is 33.0 Å². The van der Waals surface area contributed by atoms with Gasteiger partial charge in [0.05, 0.1) is 63.2 Å². The van der Waals surface area contributed by atoms with Gasteiger partial charge in [-0.1, -0.05) is 322 Å². The molecule has 6 aromatic carbocycles. The van der Waals surface area contributed by atoms with Crippen LogP contribution in [0.25, 0.3) is 49.3 Å². The summed E-state index contributed by atoms with van der Waals surface area (Å²) in [5.41, 5.74) is 16.9. The van der Waals surface area contributed by atoms with Crippen LogP contribution in [0.5, 0.6) is 0 Å². The summed E-state index contributed by atoms with van der Waals surface area (Å²) in [6.45, 7) is 59.5. The first-order valence-corrected chi connectivity index (χ1v) is 52.5. The van der Waals surface area contributed by atoms with Crippen LogP contribution >= 0.6 is 57.7 Å². The van der Waals surface area contributed by atoms with E-state index in [1.807, 2.05) is 258 Å². The first-order chi connectivity index (χ1) is 71.0. The number of anilines is 1. The Hall–Kier alpha value is -13.8. The van der Waals surface area contributed by atoms with Crippen molar-refractivity contribution >= 4 is 73.9 Å². The van der Waals surface area contributed by atoms with E-state index >= 15 is 0 Å². The number of fused-ring (bicyclic) bond motifs is 1. The van der Waals surface area contributed by atoms with Crippen LogP contribution in [0.15, 0.2) is 208 Å². The van der Waals surface area contributed by atoms with Gasteiger partial charge in [0.25, 0.3) is 0 Å². The van der Waals surface area contributed by atoms with Gasteiger partial charge in [-0.25, -0.2) is 88.8 Å². The van der Waals surface area contributed by atoms with Crippen LogP contribution in [-0.2, 0) is 24.4 Å². The highest BCUT2D eigenvalue weighted by Crippen LogP contribution is 2.37. The maximum Gasteiger partial charge on any atom is 0.434 e. The summed E-state index contributed by atoms with van der Waals surface area (Å²) in [5.74, 6) is 8.80. The zero-order chi connectivity index (χ0) is 111. The summed E-state index contributed by atoms with van der Waals surface area (Å²) < 4.78 is 20.8. The Morgan fingerprint density at radius 2 is 0.780 bits per heavy atom. The molecule has 1 unspecified atom stereocenters. The summed E-state index contributed by atoms with van der Waals surface area (Å²) in [5, 5.41) is 62.6. The Morgan fingerprint density at radius 3 is 1.19 bits per heavy atom. The fraction of sp³-hybridized carbons (Fsp3) is 0.435. The molecule has 37 nitrogen and oxygen atoms in total. The average molecular weight is 2160 g/mol. The normalized spacial score (nSPS) is 11.3.